The molecule has 14 heavy (non-hydrogen) atoms. The Kier molecular flexibility index (Phi) is 4.82. The number of aromatic nitrogens is 2. The molecule has 0 spiro atoms. The summed E-state index contributed by atoms with van der Waals surface area (Å²) in [5, 5.41) is 0.135. The van der Waals surface area contributed by atoms with E-state index in [1.54, 1.807) is 12.4 Å². The standard InChI is InChI=1S/C10H14BrClN2/c1-7(2)3-9(12)4-10-13-5-8(11)6-14-10/h5-7,9H,3-4H2,1-2H3. The van der Waals surface area contributed by atoms with Gasteiger partial charge in [-0.3, -0.25) is 0 Å². The summed E-state index contributed by atoms with van der Waals surface area (Å²) in [6.07, 6.45) is 5.25. The number of hydrogen-bond donors (Lipinski definition) is 0. The fraction of sp³-hybridized carbons (Fsp3) is 0.600. The summed E-state index contributed by atoms with van der Waals surface area (Å²) in [7, 11) is 0. The fourth-order valence-electron chi connectivity index (χ4n) is 1.24. The third-order valence-corrected chi connectivity index (χ3v) is 2.55. The lowest BCUT2D eigenvalue weighted by Gasteiger charge is -2.10. The van der Waals surface area contributed by atoms with Crippen molar-refractivity contribution in [3.05, 3.63) is 22.7 Å². The molecule has 1 atom stereocenters. The van der Waals surface area contributed by atoms with Crippen molar-refractivity contribution in [3.63, 3.8) is 0 Å². The lowest BCUT2D eigenvalue weighted by molar-refractivity contribution is 0.555. The van der Waals surface area contributed by atoms with E-state index in [9.17, 15) is 0 Å². The summed E-state index contributed by atoms with van der Waals surface area (Å²) in [6, 6.07) is 0. The summed E-state index contributed by atoms with van der Waals surface area (Å²) in [6.45, 7) is 4.33. The zero-order chi connectivity index (χ0) is 10.6. The van der Waals surface area contributed by atoms with Gasteiger partial charge in [0.05, 0.1) is 4.47 Å². The highest BCUT2D eigenvalue weighted by atomic mass is 79.9. The average Bonchev–Trinajstić information content (AvgIpc) is 2.07. The zero-order valence-corrected chi connectivity index (χ0v) is 10.7. The third-order valence-electron chi connectivity index (χ3n) is 1.81. The number of rotatable bonds is 4. The second-order valence-corrected chi connectivity index (χ2v) is 5.28. The van der Waals surface area contributed by atoms with Gasteiger partial charge in [0, 0.05) is 24.2 Å². The van der Waals surface area contributed by atoms with Gasteiger partial charge in [0.2, 0.25) is 0 Å². The Hall–Kier alpha value is -0.150. The van der Waals surface area contributed by atoms with Crippen LogP contribution in [0.2, 0.25) is 0 Å². The highest BCUT2D eigenvalue weighted by molar-refractivity contribution is 9.10. The molecule has 78 valence electrons. The van der Waals surface area contributed by atoms with Gasteiger partial charge in [-0.1, -0.05) is 13.8 Å². The zero-order valence-electron chi connectivity index (χ0n) is 8.37. The molecule has 1 aromatic heterocycles. The maximum atomic E-state index is 6.16. The quantitative estimate of drug-likeness (QED) is 0.788. The van der Waals surface area contributed by atoms with Crippen LogP contribution in [0.5, 0.6) is 0 Å². The van der Waals surface area contributed by atoms with Crippen molar-refractivity contribution in [1.82, 2.24) is 9.97 Å². The lowest BCUT2D eigenvalue weighted by Crippen LogP contribution is -2.09. The van der Waals surface area contributed by atoms with Crippen LogP contribution in [0.3, 0.4) is 0 Å². The van der Waals surface area contributed by atoms with Gasteiger partial charge in [-0.15, -0.1) is 11.6 Å². The molecule has 0 aromatic carbocycles. The minimum atomic E-state index is 0.135. The monoisotopic (exact) mass is 276 g/mol. The van der Waals surface area contributed by atoms with Crippen LogP contribution in [0, 0.1) is 5.92 Å². The lowest BCUT2D eigenvalue weighted by atomic mass is 10.1. The van der Waals surface area contributed by atoms with Crippen LogP contribution in [0.25, 0.3) is 0 Å². The van der Waals surface area contributed by atoms with E-state index in [1.807, 2.05) is 0 Å². The second kappa shape index (κ2) is 5.66. The van der Waals surface area contributed by atoms with Gasteiger partial charge in [-0.2, -0.15) is 0 Å². The van der Waals surface area contributed by atoms with Gasteiger partial charge in [0.15, 0.2) is 0 Å². The van der Waals surface area contributed by atoms with Crippen molar-refractivity contribution in [2.75, 3.05) is 0 Å². The molecule has 1 aromatic rings. The van der Waals surface area contributed by atoms with Crippen LogP contribution in [0.15, 0.2) is 16.9 Å². The van der Waals surface area contributed by atoms with E-state index in [0.717, 1.165) is 23.1 Å². The molecule has 1 unspecified atom stereocenters. The van der Waals surface area contributed by atoms with E-state index in [1.165, 1.54) is 0 Å². The number of alkyl halides is 1. The van der Waals surface area contributed by atoms with Crippen LogP contribution < -0.4 is 0 Å². The first kappa shape index (κ1) is 11.9. The molecular weight excluding hydrogens is 263 g/mol. The molecule has 0 saturated carbocycles. The predicted molar refractivity (Wildman–Crippen MR) is 62.5 cm³/mol. The van der Waals surface area contributed by atoms with E-state index in [4.69, 9.17) is 11.6 Å². The highest BCUT2D eigenvalue weighted by Crippen LogP contribution is 2.14. The van der Waals surface area contributed by atoms with Crippen LogP contribution in [0.1, 0.15) is 26.1 Å². The van der Waals surface area contributed by atoms with E-state index in [0.29, 0.717) is 5.92 Å². The Morgan fingerprint density at radius 3 is 2.43 bits per heavy atom. The van der Waals surface area contributed by atoms with E-state index < -0.39 is 0 Å². The summed E-state index contributed by atoms with van der Waals surface area (Å²) in [4.78, 5) is 8.37. The Morgan fingerprint density at radius 1 is 1.36 bits per heavy atom. The molecule has 4 heteroatoms. The minimum Gasteiger partial charge on any atom is -0.240 e. The summed E-state index contributed by atoms with van der Waals surface area (Å²) < 4.78 is 0.899. The van der Waals surface area contributed by atoms with Crippen molar-refractivity contribution >= 4 is 27.5 Å². The molecule has 0 N–H and O–H groups in total. The van der Waals surface area contributed by atoms with Gasteiger partial charge >= 0.3 is 0 Å². The Labute approximate surface area is 98.2 Å². The largest absolute Gasteiger partial charge is 0.240 e. The van der Waals surface area contributed by atoms with Crippen molar-refractivity contribution < 1.29 is 0 Å². The van der Waals surface area contributed by atoms with Gasteiger partial charge in [0.25, 0.3) is 0 Å². The summed E-state index contributed by atoms with van der Waals surface area (Å²) in [5.74, 6) is 1.43. The predicted octanol–water partition coefficient (Wildman–Crippen LogP) is 3.44. The molecule has 0 saturated heterocycles. The molecule has 0 amide bonds. The van der Waals surface area contributed by atoms with Crippen molar-refractivity contribution in [2.24, 2.45) is 5.92 Å². The Balaban J connectivity index is 2.47. The van der Waals surface area contributed by atoms with Gasteiger partial charge in [-0.25, -0.2) is 9.97 Å². The second-order valence-electron chi connectivity index (χ2n) is 3.75. The molecular formula is C10H14BrClN2. The van der Waals surface area contributed by atoms with Crippen LogP contribution in [0.4, 0.5) is 0 Å². The first-order valence-electron chi connectivity index (χ1n) is 4.68. The molecule has 0 radical (unpaired) electrons. The average molecular weight is 278 g/mol. The maximum absolute atomic E-state index is 6.16. The first-order valence-corrected chi connectivity index (χ1v) is 5.91. The van der Waals surface area contributed by atoms with Crippen LogP contribution in [-0.2, 0) is 6.42 Å². The van der Waals surface area contributed by atoms with Gasteiger partial charge < -0.3 is 0 Å². The van der Waals surface area contributed by atoms with E-state index in [-0.39, 0.29) is 5.38 Å². The molecule has 0 fully saturated rings. The molecule has 2 nitrogen and oxygen atoms in total. The molecule has 0 aliphatic rings. The normalized spacial score (nSPS) is 13.2. The smallest absolute Gasteiger partial charge is 0.129 e. The molecule has 0 aliphatic heterocycles. The van der Waals surface area contributed by atoms with Crippen molar-refractivity contribution in [1.29, 1.82) is 0 Å². The summed E-state index contributed by atoms with van der Waals surface area (Å²) in [5.41, 5.74) is 0. The van der Waals surface area contributed by atoms with Crippen LogP contribution >= 0.6 is 27.5 Å². The molecule has 1 rings (SSSR count). The van der Waals surface area contributed by atoms with Crippen molar-refractivity contribution in [2.45, 2.75) is 32.1 Å². The minimum absolute atomic E-state index is 0.135. The van der Waals surface area contributed by atoms with E-state index in [2.05, 4.69) is 39.7 Å². The molecule has 1 heterocycles. The van der Waals surface area contributed by atoms with Gasteiger partial charge in [0.1, 0.15) is 5.82 Å². The highest BCUT2D eigenvalue weighted by Gasteiger charge is 2.09. The number of hydrogen-bond acceptors (Lipinski definition) is 2. The third kappa shape index (κ3) is 4.38. The number of halogens is 2. The van der Waals surface area contributed by atoms with Crippen LogP contribution in [-0.4, -0.2) is 15.3 Å². The molecule has 0 bridgehead atoms. The SMILES string of the molecule is CC(C)CC(Cl)Cc1ncc(Br)cn1. The number of nitrogens with zero attached hydrogens (tertiary/aromatic N) is 2. The Morgan fingerprint density at radius 2 is 1.93 bits per heavy atom. The van der Waals surface area contributed by atoms with E-state index >= 15 is 0 Å². The molecule has 0 aliphatic carbocycles. The van der Waals surface area contributed by atoms with Crippen molar-refractivity contribution in [3.8, 4) is 0 Å². The maximum Gasteiger partial charge on any atom is 0.129 e. The first-order chi connectivity index (χ1) is 6.58. The fourth-order valence-corrected chi connectivity index (χ4v) is 1.94. The van der Waals surface area contributed by atoms with Gasteiger partial charge in [-0.05, 0) is 28.3 Å². The summed E-state index contributed by atoms with van der Waals surface area (Å²) >= 11 is 9.45. The Bertz CT molecular complexity index is 274. The topological polar surface area (TPSA) is 25.8 Å².